The highest BCUT2D eigenvalue weighted by atomic mass is 19.1. The standard InChI is InChI=1S/C24H28FN5O3/c1-4-7-24(22(32)27-23(33)28-24)18-6-5-17(13-19(18)25)21(31)30-10-8-29(9-11-30)20-16(3)12-15(2)14-26-20/h5-6,12-14H,4,7-11H2,1-3H3,(H2,27,28,32,33). The summed E-state index contributed by atoms with van der Waals surface area (Å²) in [6.45, 7) is 8.13. The monoisotopic (exact) mass is 453 g/mol. The molecule has 1 aromatic heterocycles. The van der Waals surface area contributed by atoms with Crippen LogP contribution < -0.4 is 15.5 Å². The molecule has 0 radical (unpaired) electrons. The van der Waals surface area contributed by atoms with E-state index in [2.05, 4.69) is 26.6 Å². The summed E-state index contributed by atoms with van der Waals surface area (Å²) in [6, 6.07) is 5.55. The maximum absolute atomic E-state index is 15.1. The van der Waals surface area contributed by atoms with Crippen molar-refractivity contribution in [3.8, 4) is 0 Å². The van der Waals surface area contributed by atoms with Crippen LogP contribution in [0.3, 0.4) is 0 Å². The Morgan fingerprint density at radius 3 is 2.45 bits per heavy atom. The van der Waals surface area contributed by atoms with Gasteiger partial charge < -0.3 is 15.1 Å². The Balaban J connectivity index is 1.49. The second kappa shape index (κ2) is 8.80. The van der Waals surface area contributed by atoms with Crippen LogP contribution in [0.2, 0.25) is 0 Å². The van der Waals surface area contributed by atoms with Gasteiger partial charge in [0.1, 0.15) is 17.2 Å². The Kier molecular flexibility index (Phi) is 6.05. The molecule has 0 saturated carbocycles. The fourth-order valence-electron chi connectivity index (χ4n) is 4.70. The number of pyridine rings is 1. The molecule has 2 saturated heterocycles. The zero-order valence-corrected chi connectivity index (χ0v) is 19.1. The summed E-state index contributed by atoms with van der Waals surface area (Å²) < 4.78 is 15.1. The van der Waals surface area contributed by atoms with Crippen LogP contribution in [0.15, 0.2) is 30.5 Å². The summed E-state index contributed by atoms with van der Waals surface area (Å²) in [5, 5.41) is 4.76. The molecular formula is C24H28FN5O3. The number of piperazine rings is 1. The smallest absolute Gasteiger partial charge is 0.322 e. The number of aromatic nitrogens is 1. The van der Waals surface area contributed by atoms with Crippen LogP contribution in [-0.4, -0.2) is 53.9 Å². The van der Waals surface area contributed by atoms with E-state index < -0.39 is 23.3 Å². The molecule has 3 heterocycles. The van der Waals surface area contributed by atoms with Crippen molar-refractivity contribution in [2.45, 2.75) is 39.2 Å². The SMILES string of the molecule is CCCC1(c2ccc(C(=O)N3CCN(c4ncc(C)cc4C)CC3)cc2F)NC(=O)NC1=O. The van der Waals surface area contributed by atoms with E-state index in [1.54, 1.807) is 4.90 Å². The van der Waals surface area contributed by atoms with E-state index >= 15 is 4.39 Å². The third kappa shape index (κ3) is 4.15. The molecule has 2 aromatic rings. The number of aryl methyl sites for hydroxylation is 2. The zero-order valence-electron chi connectivity index (χ0n) is 19.1. The number of hydrogen-bond donors (Lipinski definition) is 2. The lowest BCUT2D eigenvalue weighted by Crippen LogP contribution is -2.49. The van der Waals surface area contributed by atoms with E-state index in [9.17, 15) is 14.4 Å². The molecule has 0 bridgehead atoms. The third-order valence-corrected chi connectivity index (χ3v) is 6.30. The molecule has 2 N–H and O–H groups in total. The summed E-state index contributed by atoms with van der Waals surface area (Å²) in [5.41, 5.74) is 1.02. The summed E-state index contributed by atoms with van der Waals surface area (Å²) >= 11 is 0. The summed E-state index contributed by atoms with van der Waals surface area (Å²) in [6.07, 6.45) is 2.65. The highest BCUT2D eigenvalue weighted by Gasteiger charge is 2.48. The van der Waals surface area contributed by atoms with Crippen molar-refractivity contribution in [3.05, 3.63) is 58.5 Å². The number of halogens is 1. The highest BCUT2D eigenvalue weighted by Crippen LogP contribution is 2.32. The third-order valence-electron chi connectivity index (χ3n) is 6.30. The minimum Gasteiger partial charge on any atom is -0.353 e. The number of benzene rings is 1. The molecule has 1 unspecified atom stereocenters. The molecule has 4 rings (SSSR count). The molecule has 8 nitrogen and oxygen atoms in total. The van der Waals surface area contributed by atoms with Gasteiger partial charge in [0.2, 0.25) is 0 Å². The quantitative estimate of drug-likeness (QED) is 0.679. The molecule has 174 valence electrons. The number of amides is 4. The van der Waals surface area contributed by atoms with Gasteiger partial charge in [0.15, 0.2) is 0 Å². The van der Waals surface area contributed by atoms with Crippen molar-refractivity contribution in [2.24, 2.45) is 0 Å². The number of nitrogens with one attached hydrogen (secondary N) is 2. The van der Waals surface area contributed by atoms with Gasteiger partial charge in [-0.05, 0) is 43.5 Å². The lowest BCUT2D eigenvalue weighted by molar-refractivity contribution is -0.124. The van der Waals surface area contributed by atoms with E-state index in [4.69, 9.17) is 0 Å². The maximum atomic E-state index is 15.1. The Labute approximate surface area is 192 Å². The Morgan fingerprint density at radius 1 is 1.15 bits per heavy atom. The van der Waals surface area contributed by atoms with E-state index in [0.717, 1.165) is 23.0 Å². The van der Waals surface area contributed by atoms with Crippen LogP contribution in [0.1, 0.15) is 46.8 Å². The molecule has 9 heteroatoms. The molecule has 0 spiro atoms. The van der Waals surface area contributed by atoms with Gasteiger partial charge >= 0.3 is 6.03 Å². The highest BCUT2D eigenvalue weighted by molar-refractivity contribution is 6.07. The van der Waals surface area contributed by atoms with Crippen molar-refractivity contribution < 1.29 is 18.8 Å². The molecule has 2 aliphatic rings. The van der Waals surface area contributed by atoms with Crippen LogP contribution in [0.25, 0.3) is 0 Å². The molecule has 2 fully saturated rings. The molecule has 33 heavy (non-hydrogen) atoms. The van der Waals surface area contributed by atoms with Crippen LogP contribution in [-0.2, 0) is 10.3 Å². The second-order valence-corrected chi connectivity index (χ2v) is 8.69. The van der Waals surface area contributed by atoms with E-state index in [0.29, 0.717) is 32.6 Å². The predicted octanol–water partition coefficient (Wildman–Crippen LogP) is 2.63. The maximum Gasteiger partial charge on any atom is 0.322 e. The van der Waals surface area contributed by atoms with Crippen LogP contribution in [0.4, 0.5) is 15.0 Å². The second-order valence-electron chi connectivity index (χ2n) is 8.69. The number of rotatable bonds is 5. The molecular weight excluding hydrogens is 425 g/mol. The number of imide groups is 1. The fourth-order valence-corrected chi connectivity index (χ4v) is 4.70. The largest absolute Gasteiger partial charge is 0.353 e. The van der Waals surface area contributed by atoms with Crippen molar-refractivity contribution in [3.63, 3.8) is 0 Å². The minimum atomic E-state index is -1.46. The number of carbonyl (C=O) groups excluding carboxylic acids is 3. The van der Waals surface area contributed by atoms with Crippen molar-refractivity contribution in [2.75, 3.05) is 31.1 Å². The minimum absolute atomic E-state index is 0.0648. The average molecular weight is 454 g/mol. The first-order valence-corrected chi connectivity index (χ1v) is 11.2. The van der Waals surface area contributed by atoms with Crippen LogP contribution in [0, 0.1) is 19.7 Å². The number of carbonyl (C=O) groups is 3. The number of nitrogens with zero attached hydrogens (tertiary/aromatic N) is 3. The molecule has 2 aliphatic heterocycles. The van der Waals surface area contributed by atoms with Crippen LogP contribution >= 0.6 is 0 Å². The van der Waals surface area contributed by atoms with Gasteiger partial charge in [-0.15, -0.1) is 0 Å². The van der Waals surface area contributed by atoms with E-state index in [-0.39, 0.29) is 23.5 Å². The van der Waals surface area contributed by atoms with E-state index in [1.807, 2.05) is 27.0 Å². The Hall–Kier alpha value is -3.49. The first-order valence-electron chi connectivity index (χ1n) is 11.2. The number of anilines is 1. The first-order chi connectivity index (χ1) is 15.7. The van der Waals surface area contributed by atoms with Gasteiger partial charge in [0.05, 0.1) is 0 Å². The summed E-state index contributed by atoms with van der Waals surface area (Å²) in [7, 11) is 0. The predicted molar refractivity (Wildman–Crippen MR) is 121 cm³/mol. The molecule has 1 aromatic carbocycles. The fraction of sp³-hybridized carbons (Fsp3) is 0.417. The first kappa shape index (κ1) is 22.7. The van der Waals surface area contributed by atoms with Gasteiger partial charge in [-0.25, -0.2) is 14.2 Å². The van der Waals surface area contributed by atoms with Gasteiger partial charge in [-0.2, -0.15) is 0 Å². The van der Waals surface area contributed by atoms with Crippen LogP contribution in [0.5, 0.6) is 0 Å². The average Bonchev–Trinajstić information content (AvgIpc) is 3.07. The molecule has 1 atom stereocenters. The lowest BCUT2D eigenvalue weighted by Gasteiger charge is -2.36. The normalized spacial score (nSPS) is 20.6. The van der Waals surface area contributed by atoms with Crippen molar-refractivity contribution in [1.82, 2.24) is 20.5 Å². The van der Waals surface area contributed by atoms with E-state index in [1.165, 1.54) is 12.1 Å². The Morgan fingerprint density at radius 2 is 1.88 bits per heavy atom. The lowest BCUT2D eigenvalue weighted by atomic mass is 9.84. The number of hydrogen-bond acceptors (Lipinski definition) is 5. The van der Waals surface area contributed by atoms with Crippen molar-refractivity contribution >= 4 is 23.7 Å². The van der Waals surface area contributed by atoms with Gasteiger partial charge in [-0.3, -0.25) is 14.9 Å². The van der Waals surface area contributed by atoms with Gasteiger partial charge in [-0.1, -0.05) is 25.5 Å². The zero-order chi connectivity index (χ0) is 23.8. The van der Waals surface area contributed by atoms with Gasteiger partial charge in [0, 0.05) is 43.5 Å². The Bertz CT molecular complexity index is 1110. The molecule has 4 amide bonds. The summed E-state index contributed by atoms with van der Waals surface area (Å²) in [4.78, 5) is 45.6. The van der Waals surface area contributed by atoms with Gasteiger partial charge in [0.25, 0.3) is 11.8 Å². The molecule has 0 aliphatic carbocycles. The number of urea groups is 1. The summed E-state index contributed by atoms with van der Waals surface area (Å²) in [5.74, 6) is -0.618. The van der Waals surface area contributed by atoms with Crippen molar-refractivity contribution in [1.29, 1.82) is 0 Å². The topological polar surface area (TPSA) is 94.6 Å².